The van der Waals surface area contributed by atoms with Crippen molar-refractivity contribution in [1.29, 1.82) is 0 Å². The number of alkyl halides is 3. The van der Waals surface area contributed by atoms with E-state index in [0.717, 1.165) is 5.75 Å². The standard InChI is InChI=1S/C11H17F3N2O2S/c1-6(2)4-19-5-8-15-10(18-16-8)7(3)9(17)11(12,13)14/h6-7,9,17H,4-5H2,1-3H3. The van der Waals surface area contributed by atoms with Gasteiger partial charge in [0.15, 0.2) is 11.9 Å². The Morgan fingerprint density at radius 1 is 1.32 bits per heavy atom. The molecule has 0 aliphatic carbocycles. The van der Waals surface area contributed by atoms with Gasteiger partial charge in [-0.25, -0.2) is 0 Å². The van der Waals surface area contributed by atoms with Crippen molar-refractivity contribution in [3.8, 4) is 0 Å². The molecule has 1 aromatic rings. The van der Waals surface area contributed by atoms with E-state index in [-0.39, 0.29) is 5.89 Å². The van der Waals surface area contributed by atoms with Gasteiger partial charge in [0.05, 0.1) is 11.7 Å². The van der Waals surface area contributed by atoms with Gasteiger partial charge in [-0.2, -0.15) is 29.9 Å². The van der Waals surface area contributed by atoms with E-state index < -0.39 is 18.2 Å². The van der Waals surface area contributed by atoms with Gasteiger partial charge in [0.1, 0.15) is 0 Å². The number of halogens is 3. The highest BCUT2D eigenvalue weighted by Gasteiger charge is 2.44. The Hall–Kier alpha value is -0.760. The summed E-state index contributed by atoms with van der Waals surface area (Å²) in [7, 11) is 0. The van der Waals surface area contributed by atoms with Gasteiger partial charge in [-0.3, -0.25) is 0 Å². The third-order valence-electron chi connectivity index (χ3n) is 2.36. The van der Waals surface area contributed by atoms with Crippen molar-refractivity contribution in [1.82, 2.24) is 10.1 Å². The molecule has 8 heteroatoms. The number of hydrogen-bond acceptors (Lipinski definition) is 5. The van der Waals surface area contributed by atoms with Crippen LogP contribution < -0.4 is 0 Å². The van der Waals surface area contributed by atoms with E-state index in [9.17, 15) is 13.2 Å². The summed E-state index contributed by atoms with van der Waals surface area (Å²) in [6.07, 6.45) is -7.19. The molecular formula is C11H17F3N2O2S. The maximum atomic E-state index is 12.3. The Labute approximate surface area is 113 Å². The number of thioether (sulfide) groups is 1. The lowest BCUT2D eigenvalue weighted by Gasteiger charge is -2.17. The maximum absolute atomic E-state index is 12.3. The maximum Gasteiger partial charge on any atom is 0.415 e. The van der Waals surface area contributed by atoms with Gasteiger partial charge >= 0.3 is 6.18 Å². The second kappa shape index (κ2) is 6.60. The SMILES string of the molecule is CC(C)CSCc1noc(C(C)C(O)C(F)(F)F)n1. The van der Waals surface area contributed by atoms with Crippen LogP contribution in [0.25, 0.3) is 0 Å². The smallest absolute Gasteiger partial charge is 0.383 e. The topological polar surface area (TPSA) is 59.2 Å². The Morgan fingerprint density at radius 2 is 1.95 bits per heavy atom. The van der Waals surface area contributed by atoms with Crippen LogP contribution in [0, 0.1) is 5.92 Å². The summed E-state index contributed by atoms with van der Waals surface area (Å²) in [5.74, 6) is 0.798. The van der Waals surface area contributed by atoms with Crippen molar-refractivity contribution >= 4 is 11.8 Å². The minimum atomic E-state index is -4.69. The lowest BCUT2D eigenvalue weighted by molar-refractivity contribution is -0.210. The Kier molecular flexibility index (Phi) is 5.66. The van der Waals surface area contributed by atoms with E-state index >= 15 is 0 Å². The van der Waals surface area contributed by atoms with Crippen molar-refractivity contribution in [2.45, 2.75) is 44.7 Å². The molecule has 2 unspecified atom stereocenters. The molecule has 0 amide bonds. The average molecular weight is 298 g/mol. The third-order valence-corrected chi connectivity index (χ3v) is 3.73. The molecule has 0 aromatic carbocycles. The fourth-order valence-electron chi connectivity index (χ4n) is 1.32. The fraction of sp³-hybridized carbons (Fsp3) is 0.818. The highest BCUT2D eigenvalue weighted by Crippen LogP contribution is 2.30. The quantitative estimate of drug-likeness (QED) is 0.875. The van der Waals surface area contributed by atoms with E-state index in [0.29, 0.717) is 17.5 Å². The number of nitrogens with zero attached hydrogens (tertiary/aromatic N) is 2. The summed E-state index contributed by atoms with van der Waals surface area (Å²) in [5, 5.41) is 12.7. The van der Waals surface area contributed by atoms with Gasteiger partial charge in [-0.05, 0) is 11.7 Å². The zero-order chi connectivity index (χ0) is 14.6. The van der Waals surface area contributed by atoms with Crippen LogP contribution in [-0.4, -0.2) is 33.3 Å². The second-order valence-electron chi connectivity index (χ2n) is 4.73. The predicted octanol–water partition coefficient (Wildman–Crippen LogP) is 2.99. The van der Waals surface area contributed by atoms with Crippen molar-refractivity contribution < 1.29 is 22.8 Å². The number of aliphatic hydroxyl groups is 1. The van der Waals surface area contributed by atoms with Crippen LogP contribution in [0.15, 0.2) is 4.52 Å². The molecule has 2 atom stereocenters. The molecule has 1 heterocycles. The first-order valence-corrected chi connectivity index (χ1v) is 7.02. The van der Waals surface area contributed by atoms with Gasteiger partial charge < -0.3 is 9.63 Å². The number of hydrogen-bond donors (Lipinski definition) is 1. The van der Waals surface area contributed by atoms with Crippen LogP contribution in [0.5, 0.6) is 0 Å². The number of aromatic nitrogens is 2. The Morgan fingerprint density at radius 3 is 2.47 bits per heavy atom. The second-order valence-corrected chi connectivity index (χ2v) is 5.76. The van der Waals surface area contributed by atoms with Crippen molar-refractivity contribution in [3.63, 3.8) is 0 Å². The number of rotatable bonds is 6. The highest BCUT2D eigenvalue weighted by molar-refractivity contribution is 7.98. The largest absolute Gasteiger partial charge is 0.415 e. The first kappa shape index (κ1) is 16.3. The monoisotopic (exact) mass is 298 g/mol. The Bertz CT molecular complexity index is 396. The first-order valence-electron chi connectivity index (χ1n) is 5.86. The van der Waals surface area contributed by atoms with Crippen molar-refractivity contribution in [2.75, 3.05) is 5.75 Å². The van der Waals surface area contributed by atoms with E-state index in [4.69, 9.17) is 9.63 Å². The van der Waals surface area contributed by atoms with E-state index in [2.05, 4.69) is 24.0 Å². The van der Waals surface area contributed by atoms with E-state index in [1.165, 1.54) is 6.92 Å². The minimum absolute atomic E-state index is 0.190. The number of aliphatic hydroxyl groups excluding tert-OH is 1. The van der Waals surface area contributed by atoms with Gasteiger partial charge in [0, 0.05) is 0 Å². The fourth-order valence-corrected chi connectivity index (χ4v) is 2.20. The zero-order valence-electron chi connectivity index (χ0n) is 10.9. The summed E-state index contributed by atoms with van der Waals surface area (Å²) in [6, 6.07) is 0. The van der Waals surface area contributed by atoms with Crippen LogP contribution in [0.2, 0.25) is 0 Å². The van der Waals surface area contributed by atoms with E-state index in [1.807, 2.05) is 0 Å². The molecule has 0 spiro atoms. The van der Waals surface area contributed by atoms with Crippen molar-refractivity contribution in [3.05, 3.63) is 11.7 Å². The van der Waals surface area contributed by atoms with Crippen LogP contribution in [-0.2, 0) is 5.75 Å². The van der Waals surface area contributed by atoms with Gasteiger partial charge in [-0.15, -0.1) is 0 Å². The summed E-state index contributed by atoms with van der Waals surface area (Å²) in [4.78, 5) is 3.88. The van der Waals surface area contributed by atoms with E-state index in [1.54, 1.807) is 11.8 Å². The minimum Gasteiger partial charge on any atom is -0.383 e. The van der Waals surface area contributed by atoms with Crippen molar-refractivity contribution in [2.24, 2.45) is 5.92 Å². The summed E-state index contributed by atoms with van der Waals surface area (Å²) in [6.45, 7) is 5.34. The van der Waals surface area contributed by atoms with Crippen LogP contribution in [0.4, 0.5) is 13.2 Å². The average Bonchev–Trinajstić information content (AvgIpc) is 2.74. The summed E-state index contributed by atoms with van der Waals surface area (Å²) >= 11 is 1.58. The zero-order valence-corrected chi connectivity index (χ0v) is 11.8. The Balaban J connectivity index is 2.59. The lowest BCUT2D eigenvalue weighted by Crippen LogP contribution is -2.33. The lowest BCUT2D eigenvalue weighted by atomic mass is 10.1. The molecule has 1 aromatic heterocycles. The molecule has 0 aliphatic rings. The molecule has 0 fully saturated rings. The molecule has 0 saturated heterocycles. The molecule has 110 valence electrons. The van der Waals surface area contributed by atoms with Crippen LogP contribution in [0.3, 0.4) is 0 Å². The van der Waals surface area contributed by atoms with Gasteiger partial charge in [0.25, 0.3) is 0 Å². The molecule has 0 radical (unpaired) electrons. The molecule has 1 rings (SSSR count). The summed E-state index contributed by atoms with van der Waals surface area (Å²) < 4.78 is 41.8. The summed E-state index contributed by atoms with van der Waals surface area (Å²) in [5.41, 5.74) is 0. The van der Waals surface area contributed by atoms with Crippen LogP contribution >= 0.6 is 11.8 Å². The molecule has 4 nitrogen and oxygen atoms in total. The predicted molar refractivity (Wildman–Crippen MR) is 65.8 cm³/mol. The molecule has 0 bridgehead atoms. The third kappa shape index (κ3) is 5.02. The normalized spacial score (nSPS) is 15.8. The molecule has 19 heavy (non-hydrogen) atoms. The first-order chi connectivity index (χ1) is 8.71. The van der Waals surface area contributed by atoms with Gasteiger partial charge in [-0.1, -0.05) is 25.9 Å². The van der Waals surface area contributed by atoms with Gasteiger partial charge in [0.2, 0.25) is 5.89 Å². The molecule has 0 aliphatic heterocycles. The van der Waals surface area contributed by atoms with Crippen LogP contribution in [0.1, 0.15) is 38.4 Å². The highest BCUT2D eigenvalue weighted by atomic mass is 32.2. The molecular weight excluding hydrogens is 281 g/mol. The molecule has 0 saturated carbocycles. The molecule has 1 N–H and O–H groups in total.